The fourth-order valence-electron chi connectivity index (χ4n) is 2.43. The number of hydrogen-bond acceptors (Lipinski definition) is 4. The molecule has 2 aromatic carbocycles. The van der Waals surface area contributed by atoms with Crippen LogP contribution in [-0.4, -0.2) is 33.5 Å². The normalized spacial score (nSPS) is 10.7. The molecule has 0 bridgehead atoms. The van der Waals surface area contributed by atoms with E-state index in [0.717, 1.165) is 11.5 Å². The van der Waals surface area contributed by atoms with Crippen LogP contribution in [0.1, 0.15) is 5.56 Å². The largest absolute Gasteiger partial charge is 0.355 e. The highest BCUT2D eigenvalue weighted by Crippen LogP contribution is 2.20. The van der Waals surface area contributed by atoms with Gasteiger partial charge in [0, 0.05) is 30.4 Å². The summed E-state index contributed by atoms with van der Waals surface area (Å²) in [4.78, 5) is 16.3. The van der Waals surface area contributed by atoms with Crippen LogP contribution >= 0.6 is 23.5 Å². The van der Waals surface area contributed by atoms with Gasteiger partial charge in [0.2, 0.25) is 5.91 Å². The first-order chi connectivity index (χ1) is 13.2. The van der Waals surface area contributed by atoms with Gasteiger partial charge < -0.3 is 5.32 Å². The van der Waals surface area contributed by atoms with Crippen LogP contribution in [0.25, 0.3) is 5.69 Å². The third-order valence-electron chi connectivity index (χ3n) is 3.71. The van der Waals surface area contributed by atoms with E-state index in [4.69, 9.17) is 0 Å². The van der Waals surface area contributed by atoms with E-state index in [1.54, 1.807) is 40.9 Å². The van der Waals surface area contributed by atoms with Crippen LogP contribution in [0.4, 0.5) is 4.39 Å². The Balaban J connectivity index is 1.39. The maximum absolute atomic E-state index is 13.4. The van der Waals surface area contributed by atoms with Crippen LogP contribution < -0.4 is 5.32 Å². The zero-order chi connectivity index (χ0) is 18.9. The average molecular weight is 402 g/mol. The summed E-state index contributed by atoms with van der Waals surface area (Å²) in [5, 5.41) is 3.58. The number of benzene rings is 2. The van der Waals surface area contributed by atoms with E-state index in [0.29, 0.717) is 17.4 Å². The van der Waals surface area contributed by atoms with Gasteiger partial charge in [-0.1, -0.05) is 48.2 Å². The molecule has 4 nitrogen and oxygen atoms in total. The van der Waals surface area contributed by atoms with Crippen LogP contribution in [0.5, 0.6) is 0 Å². The highest BCUT2D eigenvalue weighted by Gasteiger charge is 2.09. The Bertz CT molecular complexity index is 870. The number of nitrogens with one attached hydrogen (secondary N) is 1. The van der Waals surface area contributed by atoms with Crippen molar-refractivity contribution in [1.29, 1.82) is 0 Å². The van der Waals surface area contributed by atoms with Gasteiger partial charge in [0.25, 0.3) is 0 Å². The quantitative estimate of drug-likeness (QED) is 0.432. The van der Waals surface area contributed by atoms with Crippen molar-refractivity contribution >= 4 is 29.4 Å². The monoisotopic (exact) mass is 401 g/mol. The Hall–Kier alpha value is -2.25. The number of amides is 1. The molecule has 1 aromatic heterocycles. The minimum Gasteiger partial charge on any atom is -0.355 e. The maximum Gasteiger partial charge on any atom is 0.230 e. The van der Waals surface area contributed by atoms with E-state index >= 15 is 0 Å². The zero-order valence-electron chi connectivity index (χ0n) is 14.7. The van der Waals surface area contributed by atoms with Gasteiger partial charge in [-0.25, -0.2) is 9.37 Å². The lowest BCUT2D eigenvalue weighted by Gasteiger charge is -2.08. The summed E-state index contributed by atoms with van der Waals surface area (Å²) >= 11 is 3.13. The molecule has 0 saturated carbocycles. The predicted octanol–water partition coefficient (Wildman–Crippen LogP) is 4.15. The number of imidazole rings is 1. The van der Waals surface area contributed by atoms with Crippen molar-refractivity contribution in [3.05, 3.63) is 78.4 Å². The second-order valence-electron chi connectivity index (χ2n) is 5.74. The van der Waals surface area contributed by atoms with Crippen molar-refractivity contribution in [1.82, 2.24) is 14.9 Å². The van der Waals surface area contributed by atoms with Crippen molar-refractivity contribution in [2.24, 2.45) is 0 Å². The lowest BCUT2D eigenvalue weighted by Crippen LogP contribution is -2.27. The third-order valence-corrected chi connectivity index (χ3v) is 5.70. The second kappa shape index (κ2) is 10.2. The van der Waals surface area contributed by atoms with Crippen molar-refractivity contribution < 1.29 is 9.18 Å². The fourth-order valence-corrected chi connectivity index (χ4v) is 4.05. The molecule has 0 atom stereocenters. The average Bonchev–Trinajstić information content (AvgIpc) is 3.15. The molecule has 1 heterocycles. The predicted molar refractivity (Wildman–Crippen MR) is 110 cm³/mol. The molecule has 3 aromatic rings. The first-order valence-corrected chi connectivity index (χ1v) is 10.7. The standard InChI is InChI=1S/C20H20FN3OS2/c21-17-7-4-8-18(13-17)24-11-9-23-20(24)27-15-19(25)22-10-12-26-14-16-5-2-1-3-6-16/h1-9,11,13H,10,12,14-15H2,(H,22,25). The summed E-state index contributed by atoms with van der Waals surface area (Å²) < 4.78 is 15.2. The van der Waals surface area contributed by atoms with Gasteiger partial charge in [0.1, 0.15) is 5.82 Å². The van der Waals surface area contributed by atoms with Crippen LogP contribution in [-0.2, 0) is 10.5 Å². The first-order valence-electron chi connectivity index (χ1n) is 8.53. The summed E-state index contributed by atoms with van der Waals surface area (Å²) in [7, 11) is 0. The third kappa shape index (κ3) is 6.15. The van der Waals surface area contributed by atoms with E-state index in [-0.39, 0.29) is 17.5 Å². The molecule has 140 valence electrons. The van der Waals surface area contributed by atoms with Crippen molar-refractivity contribution in [3.8, 4) is 5.69 Å². The van der Waals surface area contributed by atoms with Crippen LogP contribution in [0.2, 0.25) is 0 Å². The zero-order valence-corrected chi connectivity index (χ0v) is 16.3. The summed E-state index contributed by atoms with van der Waals surface area (Å²) in [5.74, 6) is 1.74. The smallest absolute Gasteiger partial charge is 0.230 e. The van der Waals surface area contributed by atoms with E-state index in [2.05, 4.69) is 22.4 Å². The minimum absolute atomic E-state index is 0.0332. The number of hydrogen-bond donors (Lipinski definition) is 1. The highest BCUT2D eigenvalue weighted by molar-refractivity contribution is 7.99. The molecule has 0 aliphatic heterocycles. The van der Waals surface area contributed by atoms with Gasteiger partial charge in [0.15, 0.2) is 5.16 Å². The SMILES string of the molecule is O=C(CSc1nccn1-c1cccc(F)c1)NCCSCc1ccccc1. The van der Waals surface area contributed by atoms with E-state index in [1.165, 1.54) is 29.5 Å². The molecule has 0 unspecified atom stereocenters. The van der Waals surface area contributed by atoms with Crippen LogP contribution in [0.3, 0.4) is 0 Å². The summed E-state index contributed by atoms with van der Waals surface area (Å²) in [6.07, 6.45) is 3.40. The van der Waals surface area contributed by atoms with E-state index in [1.807, 2.05) is 18.2 Å². The van der Waals surface area contributed by atoms with Crippen molar-refractivity contribution in [2.45, 2.75) is 10.9 Å². The fraction of sp³-hybridized carbons (Fsp3) is 0.200. The Kier molecular flexibility index (Phi) is 7.36. The van der Waals surface area contributed by atoms with Gasteiger partial charge in [0.05, 0.1) is 11.4 Å². The second-order valence-corrected chi connectivity index (χ2v) is 7.78. The Morgan fingerprint density at radius 2 is 2.00 bits per heavy atom. The lowest BCUT2D eigenvalue weighted by atomic mass is 10.2. The molecular formula is C20H20FN3OS2. The Morgan fingerprint density at radius 3 is 2.81 bits per heavy atom. The molecule has 0 saturated heterocycles. The Labute approximate surface area is 166 Å². The molecule has 7 heteroatoms. The Morgan fingerprint density at radius 1 is 1.15 bits per heavy atom. The molecule has 1 N–H and O–H groups in total. The van der Waals surface area contributed by atoms with Gasteiger partial charge in [-0.3, -0.25) is 9.36 Å². The number of rotatable bonds is 9. The topological polar surface area (TPSA) is 46.9 Å². The first kappa shape index (κ1) is 19.5. The molecule has 0 spiro atoms. The van der Waals surface area contributed by atoms with E-state index < -0.39 is 0 Å². The van der Waals surface area contributed by atoms with Gasteiger partial charge in [-0.2, -0.15) is 11.8 Å². The number of aromatic nitrogens is 2. The van der Waals surface area contributed by atoms with Crippen molar-refractivity contribution in [2.75, 3.05) is 18.1 Å². The molecule has 0 radical (unpaired) electrons. The highest BCUT2D eigenvalue weighted by atomic mass is 32.2. The summed E-state index contributed by atoms with van der Waals surface area (Å²) in [6.45, 7) is 0.634. The number of nitrogens with zero attached hydrogens (tertiary/aromatic N) is 2. The molecule has 27 heavy (non-hydrogen) atoms. The summed E-state index contributed by atoms with van der Waals surface area (Å²) in [6, 6.07) is 16.6. The van der Waals surface area contributed by atoms with Gasteiger partial charge in [-0.05, 0) is 23.8 Å². The van der Waals surface area contributed by atoms with E-state index in [9.17, 15) is 9.18 Å². The molecule has 0 fully saturated rings. The number of halogens is 1. The van der Waals surface area contributed by atoms with Crippen molar-refractivity contribution in [3.63, 3.8) is 0 Å². The summed E-state index contributed by atoms with van der Waals surface area (Å²) in [5.41, 5.74) is 1.97. The molecular weight excluding hydrogens is 381 g/mol. The van der Waals surface area contributed by atoms with Gasteiger partial charge >= 0.3 is 0 Å². The molecule has 1 amide bonds. The minimum atomic E-state index is -0.303. The van der Waals surface area contributed by atoms with Crippen LogP contribution in [0.15, 0.2) is 72.1 Å². The maximum atomic E-state index is 13.4. The number of thioether (sulfide) groups is 2. The number of carbonyl (C=O) groups excluding carboxylic acids is 1. The number of carbonyl (C=O) groups is 1. The molecule has 0 aliphatic carbocycles. The van der Waals surface area contributed by atoms with Crippen LogP contribution in [0, 0.1) is 5.82 Å². The molecule has 0 aliphatic rings. The lowest BCUT2D eigenvalue weighted by molar-refractivity contribution is -0.118. The molecule has 3 rings (SSSR count). The van der Waals surface area contributed by atoms with Gasteiger partial charge in [-0.15, -0.1) is 0 Å².